The van der Waals surface area contributed by atoms with E-state index in [1.54, 1.807) is 43.1 Å². The minimum absolute atomic E-state index is 0.250. The number of nitrogens with zero attached hydrogens (tertiary/aromatic N) is 5. The highest BCUT2D eigenvalue weighted by Crippen LogP contribution is 2.33. The molecule has 176 valence electrons. The fourth-order valence-corrected chi connectivity index (χ4v) is 4.08. The Bertz CT molecular complexity index is 1620. The van der Waals surface area contributed by atoms with Gasteiger partial charge in [0.1, 0.15) is 11.5 Å². The highest BCUT2D eigenvalue weighted by Gasteiger charge is 2.17. The Morgan fingerprint density at radius 2 is 1.71 bits per heavy atom. The Hall–Kier alpha value is -4.60. The summed E-state index contributed by atoms with van der Waals surface area (Å²) in [6.45, 7) is 1.21. The van der Waals surface area contributed by atoms with Crippen LogP contribution < -0.4 is 24.5 Å². The van der Waals surface area contributed by atoms with Crippen LogP contribution in [0.25, 0.3) is 33.8 Å². The first-order valence-electron chi connectivity index (χ1n) is 11.1. The monoisotopic (exact) mass is 471 g/mol. The zero-order valence-corrected chi connectivity index (χ0v) is 19.1. The number of rotatable bonds is 4. The van der Waals surface area contributed by atoms with Gasteiger partial charge in [0.05, 0.1) is 44.0 Å². The van der Waals surface area contributed by atoms with Crippen LogP contribution >= 0.6 is 0 Å². The van der Waals surface area contributed by atoms with Gasteiger partial charge in [-0.25, -0.2) is 4.98 Å². The molecule has 1 aliphatic rings. The van der Waals surface area contributed by atoms with Crippen LogP contribution in [-0.4, -0.2) is 51.6 Å². The predicted molar refractivity (Wildman–Crippen MR) is 128 cm³/mol. The van der Waals surface area contributed by atoms with Crippen LogP contribution in [0.4, 0.5) is 0 Å². The van der Waals surface area contributed by atoms with Gasteiger partial charge >= 0.3 is 0 Å². The van der Waals surface area contributed by atoms with E-state index < -0.39 is 0 Å². The summed E-state index contributed by atoms with van der Waals surface area (Å²) in [5.41, 5.74) is 1.73. The van der Waals surface area contributed by atoms with Gasteiger partial charge in [-0.1, -0.05) is 0 Å². The van der Waals surface area contributed by atoms with E-state index in [4.69, 9.17) is 18.9 Å². The molecule has 10 nitrogen and oxygen atoms in total. The lowest BCUT2D eigenvalue weighted by Gasteiger charge is -2.11. The van der Waals surface area contributed by atoms with E-state index in [2.05, 4.69) is 15.1 Å². The molecule has 5 aromatic rings. The molecule has 0 N–H and O–H groups in total. The van der Waals surface area contributed by atoms with Gasteiger partial charge in [-0.2, -0.15) is 9.50 Å². The Balaban J connectivity index is 1.46. The maximum absolute atomic E-state index is 13.4. The van der Waals surface area contributed by atoms with Gasteiger partial charge in [0.2, 0.25) is 0 Å². The Kier molecular flexibility index (Phi) is 4.98. The van der Waals surface area contributed by atoms with E-state index in [0.29, 0.717) is 64.4 Å². The second-order valence-corrected chi connectivity index (χ2v) is 7.98. The van der Waals surface area contributed by atoms with Gasteiger partial charge in [-0.05, 0) is 24.3 Å². The second-order valence-electron chi connectivity index (χ2n) is 7.98. The molecule has 0 saturated heterocycles. The summed E-state index contributed by atoms with van der Waals surface area (Å²) in [6, 6.07) is 12.7. The van der Waals surface area contributed by atoms with Gasteiger partial charge in [0.25, 0.3) is 11.3 Å². The molecule has 0 spiro atoms. The first-order valence-corrected chi connectivity index (χ1v) is 11.1. The summed E-state index contributed by atoms with van der Waals surface area (Å²) in [6.07, 6.45) is 4.03. The normalized spacial score (nSPS) is 13.1. The number of hydrogen-bond donors (Lipinski definition) is 0. The Morgan fingerprint density at radius 3 is 2.49 bits per heavy atom. The lowest BCUT2D eigenvalue weighted by molar-refractivity contribution is 0.297. The summed E-state index contributed by atoms with van der Waals surface area (Å²) >= 11 is 0. The molecule has 0 amide bonds. The lowest BCUT2D eigenvalue weighted by Crippen LogP contribution is -2.19. The van der Waals surface area contributed by atoms with E-state index in [1.807, 2.05) is 24.3 Å². The van der Waals surface area contributed by atoms with Crippen molar-refractivity contribution in [1.29, 1.82) is 0 Å². The van der Waals surface area contributed by atoms with Crippen LogP contribution in [0.2, 0.25) is 0 Å². The number of benzene rings is 2. The summed E-state index contributed by atoms with van der Waals surface area (Å²) in [5, 5.41) is 5.04. The zero-order chi connectivity index (χ0) is 23.9. The van der Waals surface area contributed by atoms with Crippen molar-refractivity contribution >= 4 is 16.7 Å². The molecule has 0 bridgehead atoms. The molecule has 0 fully saturated rings. The van der Waals surface area contributed by atoms with Gasteiger partial charge in [-0.15, -0.1) is 5.10 Å². The van der Waals surface area contributed by atoms with Crippen LogP contribution in [0.1, 0.15) is 6.42 Å². The minimum Gasteiger partial charge on any atom is -0.497 e. The number of ether oxygens (including phenoxy) is 4. The zero-order valence-electron chi connectivity index (χ0n) is 19.1. The van der Waals surface area contributed by atoms with Crippen molar-refractivity contribution in [3.8, 4) is 40.1 Å². The molecular weight excluding hydrogens is 450 g/mol. The van der Waals surface area contributed by atoms with Crippen LogP contribution in [0.3, 0.4) is 0 Å². The summed E-state index contributed by atoms with van der Waals surface area (Å²) in [4.78, 5) is 22.3. The van der Waals surface area contributed by atoms with Crippen molar-refractivity contribution in [3.63, 3.8) is 0 Å². The summed E-state index contributed by atoms with van der Waals surface area (Å²) in [7, 11) is 3.13. The van der Waals surface area contributed by atoms with Crippen molar-refractivity contribution in [2.45, 2.75) is 6.42 Å². The molecule has 10 heteroatoms. The van der Waals surface area contributed by atoms with Crippen LogP contribution in [0, 0.1) is 0 Å². The van der Waals surface area contributed by atoms with Crippen molar-refractivity contribution in [2.75, 3.05) is 27.4 Å². The molecule has 0 unspecified atom stereocenters. The van der Waals surface area contributed by atoms with Gasteiger partial charge in [0, 0.05) is 42.6 Å². The van der Waals surface area contributed by atoms with Crippen molar-refractivity contribution in [2.24, 2.45) is 0 Å². The molecule has 4 heterocycles. The maximum Gasteiger partial charge on any atom is 0.266 e. The number of aromatic nitrogens is 5. The molecule has 0 aliphatic carbocycles. The molecule has 0 saturated carbocycles. The van der Waals surface area contributed by atoms with E-state index in [0.717, 1.165) is 12.0 Å². The van der Waals surface area contributed by atoms with Crippen LogP contribution in [0.5, 0.6) is 23.0 Å². The standard InChI is InChI=1S/C25H21N5O5/c1-32-17-11-16(12-18(13-17)33-2)29-7-6-20-19(24(29)31)14-26-25-27-23(28-30(20)25)15-4-5-21-22(10-15)35-9-3-8-34-21/h4-7,10-14H,3,8-9H2,1-2H3. The summed E-state index contributed by atoms with van der Waals surface area (Å²) in [5.74, 6) is 3.38. The minimum atomic E-state index is -0.250. The molecule has 3 aromatic heterocycles. The smallest absolute Gasteiger partial charge is 0.266 e. The molecule has 6 rings (SSSR count). The van der Waals surface area contributed by atoms with Crippen molar-refractivity contribution in [3.05, 3.63) is 65.2 Å². The third-order valence-corrected chi connectivity index (χ3v) is 5.85. The maximum atomic E-state index is 13.4. The topological polar surface area (TPSA) is 102 Å². The quantitative estimate of drug-likeness (QED) is 0.394. The predicted octanol–water partition coefficient (Wildman–Crippen LogP) is 3.27. The summed E-state index contributed by atoms with van der Waals surface area (Å²) < 4.78 is 25.3. The first kappa shape index (κ1) is 21.0. The highest BCUT2D eigenvalue weighted by atomic mass is 16.5. The molecule has 2 aromatic carbocycles. The number of hydrogen-bond acceptors (Lipinski definition) is 8. The SMILES string of the molecule is COc1cc(OC)cc(-n2ccc3c(cnc4nc(-c5ccc6c(c5)OCCCO6)nn43)c2=O)c1. The molecular formula is C25H21N5O5. The highest BCUT2D eigenvalue weighted by molar-refractivity contribution is 5.79. The van der Waals surface area contributed by atoms with Gasteiger partial charge < -0.3 is 18.9 Å². The third-order valence-electron chi connectivity index (χ3n) is 5.85. The Labute approximate surface area is 199 Å². The molecule has 0 radical (unpaired) electrons. The Morgan fingerprint density at radius 1 is 0.943 bits per heavy atom. The van der Waals surface area contributed by atoms with Gasteiger partial charge in [0.15, 0.2) is 17.3 Å². The van der Waals surface area contributed by atoms with E-state index in [1.165, 1.54) is 10.8 Å². The number of methoxy groups -OCH3 is 2. The molecule has 0 atom stereocenters. The van der Waals surface area contributed by atoms with E-state index >= 15 is 0 Å². The van der Waals surface area contributed by atoms with Crippen molar-refractivity contribution < 1.29 is 18.9 Å². The molecule has 35 heavy (non-hydrogen) atoms. The molecule has 1 aliphatic heterocycles. The lowest BCUT2D eigenvalue weighted by atomic mass is 10.2. The number of fused-ring (bicyclic) bond motifs is 4. The average molecular weight is 471 g/mol. The van der Waals surface area contributed by atoms with Crippen LogP contribution in [0.15, 0.2) is 59.7 Å². The van der Waals surface area contributed by atoms with E-state index in [9.17, 15) is 4.79 Å². The fourth-order valence-electron chi connectivity index (χ4n) is 4.08. The average Bonchev–Trinajstić information content (AvgIpc) is 3.20. The van der Waals surface area contributed by atoms with Gasteiger partial charge in [-0.3, -0.25) is 9.36 Å². The van der Waals surface area contributed by atoms with Crippen molar-refractivity contribution in [1.82, 2.24) is 24.1 Å². The fraction of sp³-hybridized carbons (Fsp3) is 0.200. The first-order chi connectivity index (χ1) is 17.1. The van der Waals surface area contributed by atoms with E-state index in [-0.39, 0.29) is 5.56 Å². The second kappa shape index (κ2) is 8.32. The van der Waals surface area contributed by atoms with Crippen LogP contribution in [-0.2, 0) is 0 Å². The number of pyridine rings is 1. The third kappa shape index (κ3) is 3.59. The largest absolute Gasteiger partial charge is 0.497 e.